The van der Waals surface area contributed by atoms with Gasteiger partial charge in [0.1, 0.15) is 6.07 Å². The molecule has 0 N–H and O–H groups in total. The Bertz CT molecular complexity index is 341. The summed E-state index contributed by atoms with van der Waals surface area (Å²) in [5.41, 5.74) is 1.71. The largest absolute Gasteiger partial charge is 0.265 e. The lowest BCUT2D eigenvalue weighted by molar-refractivity contribution is 0.384. The van der Waals surface area contributed by atoms with Crippen molar-refractivity contribution in [2.75, 3.05) is 0 Å². The van der Waals surface area contributed by atoms with Gasteiger partial charge in [-0.1, -0.05) is 34.1 Å². The average Bonchev–Trinajstić information content (AvgIpc) is 2.59. The number of rotatable bonds is 5. The number of hydrogen-bond donors (Lipinski definition) is 0. The fourth-order valence-electron chi connectivity index (χ4n) is 1.96. The first-order valence-electron chi connectivity index (χ1n) is 5.68. The first-order chi connectivity index (χ1) is 7.24. The molecule has 0 fully saturated rings. The van der Waals surface area contributed by atoms with E-state index >= 15 is 0 Å². The Morgan fingerprint density at radius 2 is 1.94 bits per heavy atom. The highest BCUT2D eigenvalue weighted by molar-refractivity contribution is 5.30. The van der Waals surface area contributed by atoms with Crippen molar-refractivity contribution in [2.24, 2.45) is 0 Å². The topological polar surface area (TPSA) is 41.6 Å². The average molecular weight is 221 g/mol. The zero-order valence-electron chi connectivity index (χ0n) is 9.82. The third-order valence-corrected chi connectivity index (χ3v) is 2.75. The van der Waals surface area contributed by atoms with E-state index in [2.05, 4.69) is 25.0 Å². The zero-order chi connectivity index (χ0) is 11.3. The van der Waals surface area contributed by atoms with E-state index in [9.17, 15) is 0 Å². The van der Waals surface area contributed by atoms with Crippen molar-refractivity contribution in [1.29, 1.82) is 5.26 Å². The molecule has 0 aliphatic rings. The van der Waals surface area contributed by atoms with Gasteiger partial charge in [-0.05, 0) is 19.8 Å². The van der Waals surface area contributed by atoms with Crippen molar-refractivity contribution in [3.05, 3.63) is 17.5 Å². The minimum Gasteiger partial charge on any atom is -0.265 e. The van der Waals surface area contributed by atoms with Crippen LogP contribution in [0.25, 0.3) is 0 Å². The third-order valence-electron chi connectivity index (χ3n) is 2.75. The molecule has 0 unspecified atom stereocenters. The second kappa shape index (κ2) is 7.05. The van der Waals surface area contributed by atoms with Gasteiger partial charge >= 0.3 is 0 Å². The molecule has 16 heavy (non-hydrogen) atoms. The van der Waals surface area contributed by atoms with Crippen LogP contribution in [-0.2, 0) is 0 Å². The molecule has 1 aromatic heterocycles. The quantitative estimate of drug-likeness (QED) is 0.758. The maximum atomic E-state index is 8.87. The maximum absolute atomic E-state index is 8.87. The van der Waals surface area contributed by atoms with Crippen LogP contribution in [0.4, 0.5) is 0 Å². The Kier molecular flexibility index (Phi) is 6.48. The number of nitrogens with zero attached hydrogens (tertiary/aromatic N) is 3. The highest BCUT2D eigenvalue weighted by Crippen LogP contribution is 2.22. The normalized spacial score (nSPS) is 9.94. The van der Waals surface area contributed by atoms with Crippen LogP contribution in [0.15, 0.2) is 6.20 Å². The van der Waals surface area contributed by atoms with Crippen LogP contribution >= 0.6 is 0 Å². The van der Waals surface area contributed by atoms with Crippen molar-refractivity contribution in [3.8, 4) is 6.07 Å². The molecule has 0 amide bonds. The van der Waals surface area contributed by atoms with Gasteiger partial charge in [-0.15, -0.1) is 0 Å². The van der Waals surface area contributed by atoms with Gasteiger partial charge in [0, 0.05) is 0 Å². The standard InChI is InChI=1S/C12H19N3.CH4/c1-4-6-12(7-5-2)15-10(3)11(8-13)9-14-15;/h9,12H,4-7H2,1-3H3;1H4. The van der Waals surface area contributed by atoms with Crippen LogP contribution in [0.3, 0.4) is 0 Å². The molecule has 90 valence electrons. The van der Waals surface area contributed by atoms with Crippen LogP contribution in [0, 0.1) is 18.3 Å². The Hall–Kier alpha value is -1.30. The van der Waals surface area contributed by atoms with Crippen molar-refractivity contribution in [1.82, 2.24) is 9.78 Å². The minimum atomic E-state index is 0. The van der Waals surface area contributed by atoms with E-state index in [1.165, 1.54) is 0 Å². The summed E-state index contributed by atoms with van der Waals surface area (Å²) in [6, 6.07) is 2.63. The van der Waals surface area contributed by atoms with E-state index in [1.807, 2.05) is 11.6 Å². The number of hydrogen-bond acceptors (Lipinski definition) is 2. The Morgan fingerprint density at radius 3 is 2.31 bits per heavy atom. The van der Waals surface area contributed by atoms with Gasteiger partial charge in [0.15, 0.2) is 0 Å². The predicted octanol–water partition coefficient (Wildman–Crippen LogP) is 3.84. The van der Waals surface area contributed by atoms with Gasteiger partial charge in [0.25, 0.3) is 0 Å². The number of aromatic nitrogens is 2. The molecule has 0 spiro atoms. The van der Waals surface area contributed by atoms with Crippen molar-refractivity contribution in [2.45, 2.75) is 59.9 Å². The molecule has 0 saturated heterocycles. The summed E-state index contributed by atoms with van der Waals surface area (Å²) < 4.78 is 2.02. The minimum absolute atomic E-state index is 0. The predicted molar refractivity (Wildman–Crippen MR) is 67.3 cm³/mol. The molecule has 1 rings (SSSR count). The maximum Gasteiger partial charge on any atom is 0.103 e. The monoisotopic (exact) mass is 221 g/mol. The van der Waals surface area contributed by atoms with E-state index < -0.39 is 0 Å². The summed E-state index contributed by atoms with van der Waals surface area (Å²) >= 11 is 0. The lowest BCUT2D eigenvalue weighted by atomic mass is 10.1. The van der Waals surface area contributed by atoms with E-state index in [1.54, 1.807) is 6.20 Å². The SMILES string of the molecule is C.CCCC(CCC)n1ncc(C#N)c1C. The summed E-state index contributed by atoms with van der Waals surface area (Å²) in [6.07, 6.45) is 6.27. The Balaban J connectivity index is 0.00000225. The highest BCUT2D eigenvalue weighted by Gasteiger charge is 2.14. The molecule has 0 radical (unpaired) electrons. The molecule has 3 heteroatoms. The van der Waals surface area contributed by atoms with E-state index in [4.69, 9.17) is 5.26 Å². The molecular formula is C13H23N3. The smallest absolute Gasteiger partial charge is 0.103 e. The molecule has 0 atom stereocenters. The zero-order valence-corrected chi connectivity index (χ0v) is 9.82. The van der Waals surface area contributed by atoms with Crippen LogP contribution in [0.2, 0.25) is 0 Å². The van der Waals surface area contributed by atoms with Crippen LogP contribution in [0.1, 0.15) is 64.3 Å². The molecule has 1 aromatic rings. The molecule has 0 saturated carbocycles. The second-order valence-corrected chi connectivity index (χ2v) is 3.93. The van der Waals surface area contributed by atoms with Gasteiger partial charge in [0.2, 0.25) is 0 Å². The second-order valence-electron chi connectivity index (χ2n) is 3.93. The lowest BCUT2D eigenvalue weighted by Gasteiger charge is -2.17. The summed E-state index contributed by atoms with van der Waals surface area (Å²) in [7, 11) is 0. The first-order valence-corrected chi connectivity index (χ1v) is 5.68. The van der Waals surface area contributed by atoms with E-state index in [0.29, 0.717) is 11.6 Å². The lowest BCUT2D eigenvalue weighted by Crippen LogP contribution is -2.12. The van der Waals surface area contributed by atoms with E-state index in [0.717, 1.165) is 31.4 Å². The Morgan fingerprint density at radius 1 is 1.38 bits per heavy atom. The van der Waals surface area contributed by atoms with Gasteiger partial charge in [-0.25, -0.2) is 0 Å². The van der Waals surface area contributed by atoms with Crippen molar-refractivity contribution >= 4 is 0 Å². The van der Waals surface area contributed by atoms with Crippen LogP contribution < -0.4 is 0 Å². The Labute approximate surface area is 99.1 Å². The molecule has 3 nitrogen and oxygen atoms in total. The highest BCUT2D eigenvalue weighted by atomic mass is 15.3. The molecule has 0 aliphatic heterocycles. The number of nitriles is 1. The third kappa shape index (κ3) is 3.10. The van der Waals surface area contributed by atoms with E-state index in [-0.39, 0.29) is 7.43 Å². The van der Waals surface area contributed by atoms with Crippen molar-refractivity contribution in [3.63, 3.8) is 0 Å². The van der Waals surface area contributed by atoms with Gasteiger partial charge in [0.05, 0.1) is 23.5 Å². The molecule has 0 bridgehead atoms. The molecule has 0 aliphatic carbocycles. The molecule has 0 aromatic carbocycles. The van der Waals surface area contributed by atoms with Crippen LogP contribution in [-0.4, -0.2) is 9.78 Å². The van der Waals surface area contributed by atoms with Crippen LogP contribution in [0.5, 0.6) is 0 Å². The summed E-state index contributed by atoms with van der Waals surface area (Å²) in [6.45, 7) is 6.35. The fraction of sp³-hybridized carbons (Fsp3) is 0.692. The van der Waals surface area contributed by atoms with Gasteiger partial charge in [-0.2, -0.15) is 10.4 Å². The molecular weight excluding hydrogens is 198 g/mol. The first kappa shape index (κ1) is 14.7. The molecule has 1 heterocycles. The fourth-order valence-corrected chi connectivity index (χ4v) is 1.96. The van der Waals surface area contributed by atoms with Crippen molar-refractivity contribution < 1.29 is 0 Å². The van der Waals surface area contributed by atoms with Gasteiger partial charge < -0.3 is 0 Å². The summed E-state index contributed by atoms with van der Waals surface area (Å²) in [5.74, 6) is 0. The van der Waals surface area contributed by atoms with Gasteiger partial charge in [-0.3, -0.25) is 4.68 Å². The summed E-state index contributed by atoms with van der Waals surface area (Å²) in [5, 5.41) is 13.2. The summed E-state index contributed by atoms with van der Waals surface area (Å²) in [4.78, 5) is 0.